The number of carbonyl (C=O) groups is 2. The number of halogens is 1. The van der Waals surface area contributed by atoms with Gasteiger partial charge in [-0.2, -0.15) is 5.10 Å². The highest BCUT2D eigenvalue weighted by molar-refractivity contribution is 6.32. The number of nitrogens with one attached hydrogen (secondary N) is 1. The van der Waals surface area contributed by atoms with Crippen LogP contribution in [0.15, 0.2) is 59.7 Å². The van der Waals surface area contributed by atoms with Gasteiger partial charge in [-0.3, -0.25) is 9.59 Å². The molecule has 0 aromatic heterocycles. The van der Waals surface area contributed by atoms with Crippen molar-refractivity contribution in [1.82, 2.24) is 10.3 Å². The summed E-state index contributed by atoms with van der Waals surface area (Å²) in [6, 6.07) is 15.8. The van der Waals surface area contributed by atoms with E-state index in [0.29, 0.717) is 19.5 Å². The van der Waals surface area contributed by atoms with Gasteiger partial charge >= 0.3 is 0 Å². The lowest BCUT2D eigenvalue weighted by molar-refractivity contribution is -0.130. The Morgan fingerprint density at radius 2 is 1.77 bits per heavy atom. The molecule has 0 heterocycles. The van der Waals surface area contributed by atoms with E-state index in [1.54, 1.807) is 6.21 Å². The topological polar surface area (TPSA) is 82.0 Å². The molecule has 0 atom stereocenters. The Hall–Kier alpha value is -3.38. The largest absolute Gasteiger partial charge is 0.506 e. The van der Waals surface area contributed by atoms with Gasteiger partial charge in [0.2, 0.25) is 5.91 Å². The molecule has 31 heavy (non-hydrogen) atoms. The van der Waals surface area contributed by atoms with E-state index in [9.17, 15) is 14.7 Å². The van der Waals surface area contributed by atoms with Crippen molar-refractivity contribution in [1.29, 1.82) is 0 Å². The predicted molar refractivity (Wildman–Crippen MR) is 124 cm³/mol. The molecule has 0 aliphatic heterocycles. The highest BCUT2D eigenvalue weighted by Gasteiger charge is 2.13. The van der Waals surface area contributed by atoms with Crippen LogP contribution in [-0.2, 0) is 11.2 Å². The summed E-state index contributed by atoms with van der Waals surface area (Å²) < 4.78 is 0. The second-order valence-electron chi connectivity index (χ2n) is 6.97. The zero-order chi connectivity index (χ0) is 22.4. The quantitative estimate of drug-likeness (QED) is 0.425. The fourth-order valence-corrected chi connectivity index (χ4v) is 3.56. The van der Waals surface area contributed by atoms with E-state index >= 15 is 0 Å². The Bertz CT molecular complexity index is 1140. The SMILES string of the molecule is CCN(CC)C(=O)Cc1ccc(/C=N/NC(=O)c2ccc(O)c(Cl)c2)c2ccccc12. The van der Waals surface area contributed by atoms with E-state index in [-0.39, 0.29) is 22.2 Å². The van der Waals surface area contributed by atoms with E-state index < -0.39 is 5.91 Å². The van der Waals surface area contributed by atoms with Gasteiger partial charge in [0.05, 0.1) is 17.7 Å². The molecular weight excluding hydrogens is 414 g/mol. The second-order valence-corrected chi connectivity index (χ2v) is 7.37. The van der Waals surface area contributed by atoms with Crippen LogP contribution in [0.2, 0.25) is 5.02 Å². The standard InChI is InChI=1S/C24H24ClN3O3/c1-3-28(4-2)23(30)14-16-9-10-18(20-8-6-5-7-19(16)20)15-26-27-24(31)17-11-12-22(29)21(25)13-17/h5-13,15,29H,3-4,14H2,1-2H3,(H,27,31)/b26-15+. The molecule has 0 radical (unpaired) electrons. The van der Waals surface area contributed by atoms with Crippen molar-refractivity contribution in [2.24, 2.45) is 5.10 Å². The maximum atomic E-state index is 12.6. The van der Waals surface area contributed by atoms with E-state index in [4.69, 9.17) is 11.6 Å². The molecule has 0 saturated carbocycles. The number of phenols is 1. The summed E-state index contributed by atoms with van der Waals surface area (Å²) in [6.45, 7) is 5.31. The van der Waals surface area contributed by atoms with Gasteiger partial charge in [0.15, 0.2) is 0 Å². The molecular formula is C24H24ClN3O3. The van der Waals surface area contributed by atoms with Crippen LogP contribution >= 0.6 is 11.6 Å². The summed E-state index contributed by atoms with van der Waals surface area (Å²) in [5.74, 6) is -0.437. The van der Waals surface area contributed by atoms with Crippen molar-refractivity contribution in [3.63, 3.8) is 0 Å². The van der Waals surface area contributed by atoms with Gasteiger partial charge < -0.3 is 10.0 Å². The van der Waals surface area contributed by atoms with E-state index in [1.807, 2.05) is 55.1 Å². The Morgan fingerprint density at radius 1 is 1.06 bits per heavy atom. The smallest absolute Gasteiger partial charge is 0.271 e. The molecule has 0 spiro atoms. The van der Waals surface area contributed by atoms with Crippen molar-refractivity contribution in [3.8, 4) is 5.75 Å². The van der Waals surface area contributed by atoms with Crippen LogP contribution in [0.5, 0.6) is 5.75 Å². The van der Waals surface area contributed by atoms with Crippen molar-refractivity contribution in [3.05, 3.63) is 76.3 Å². The Morgan fingerprint density at radius 3 is 2.45 bits per heavy atom. The maximum Gasteiger partial charge on any atom is 0.271 e. The zero-order valence-corrected chi connectivity index (χ0v) is 18.2. The Balaban J connectivity index is 1.81. The molecule has 3 rings (SSSR count). The normalized spacial score (nSPS) is 11.1. The Labute approximate surface area is 186 Å². The van der Waals surface area contributed by atoms with Gasteiger partial charge in [0, 0.05) is 24.2 Å². The van der Waals surface area contributed by atoms with E-state index in [1.165, 1.54) is 18.2 Å². The number of likely N-dealkylation sites (N-methyl/N-ethyl adjacent to an activating group) is 1. The summed E-state index contributed by atoms with van der Waals surface area (Å²) in [5, 5.41) is 15.5. The van der Waals surface area contributed by atoms with Crippen LogP contribution in [0.25, 0.3) is 10.8 Å². The second kappa shape index (κ2) is 10.1. The molecule has 0 aliphatic carbocycles. The van der Waals surface area contributed by atoms with Crippen LogP contribution in [0, 0.1) is 0 Å². The summed E-state index contributed by atoms with van der Waals surface area (Å²) in [7, 11) is 0. The fraction of sp³-hybridized carbons (Fsp3) is 0.208. The van der Waals surface area contributed by atoms with Crippen LogP contribution in [-0.4, -0.2) is 41.1 Å². The average molecular weight is 438 g/mol. The molecule has 2 N–H and O–H groups in total. The van der Waals surface area contributed by atoms with Crippen LogP contribution in [0.3, 0.4) is 0 Å². The number of rotatable bonds is 7. The highest BCUT2D eigenvalue weighted by atomic mass is 35.5. The number of hydrogen-bond acceptors (Lipinski definition) is 4. The van der Waals surface area contributed by atoms with Crippen molar-refractivity contribution in [2.75, 3.05) is 13.1 Å². The monoisotopic (exact) mass is 437 g/mol. The van der Waals surface area contributed by atoms with Crippen LogP contribution in [0.4, 0.5) is 0 Å². The zero-order valence-electron chi connectivity index (χ0n) is 17.4. The minimum atomic E-state index is -0.441. The lowest BCUT2D eigenvalue weighted by atomic mass is 9.98. The fourth-order valence-electron chi connectivity index (χ4n) is 3.38. The first-order valence-electron chi connectivity index (χ1n) is 10.0. The molecule has 3 aromatic carbocycles. The summed E-state index contributed by atoms with van der Waals surface area (Å²) in [6.07, 6.45) is 1.90. The molecule has 6 nitrogen and oxygen atoms in total. The first-order valence-corrected chi connectivity index (χ1v) is 10.4. The number of aromatic hydroxyl groups is 1. The highest BCUT2D eigenvalue weighted by Crippen LogP contribution is 2.24. The molecule has 2 amide bonds. The predicted octanol–water partition coefficient (Wildman–Crippen LogP) is 4.37. The molecule has 7 heteroatoms. The molecule has 0 unspecified atom stereocenters. The Kier molecular flexibility index (Phi) is 7.26. The third kappa shape index (κ3) is 5.22. The van der Waals surface area contributed by atoms with Gasteiger partial charge in [-0.15, -0.1) is 0 Å². The van der Waals surface area contributed by atoms with Crippen LogP contribution < -0.4 is 5.43 Å². The molecule has 0 bridgehead atoms. The third-order valence-corrected chi connectivity index (χ3v) is 5.39. The summed E-state index contributed by atoms with van der Waals surface area (Å²) >= 11 is 5.85. The van der Waals surface area contributed by atoms with Crippen molar-refractivity contribution in [2.45, 2.75) is 20.3 Å². The van der Waals surface area contributed by atoms with Gasteiger partial charge in [0.1, 0.15) is 5.75 Å². The number of nitrogens with zero attached hydrogens (tertiary/aromatic N) is 2. The number of carbonyl (C=O) groups excluding carboxylic acids is 2. The maximum absolute atomic E-state index is 12.6. The van der Waals surface area contributed by atoms with Gasteiger partial charge in [0.25, 0.3) is 5.91 Å². The number of hydrogen-bond donors (Lipinski definition) is 2. The van der Waals surface area contributed by atoms with Crippen molar-refractivity contribution >= 4 is 40.4 Å². The first-order chi connectivity index (χ1) is 14.9. The van der Waals surface area contributed by atoms with Crippen LogP contribution in [0.1, 0.15) is 35.3 Å². The molecule has 0 fully saturated rings. The van der Waals surface area contributed by atoms with E-state index in [2.05, 4.69) is 10.5 Å². The number of hydrazone groups is 1. The van der Waals surface area contributed by atoms with Gasteiger partial charge in [-0.1, -0.05) is 48.0 Å². The molecule has 0 aliphatic rings. The lowest BCUT2D eigenvalue weighted by Gasteiger charge is -2.19. The minimum Gasteiger partial charge on any atom is -0.506 e. The number of benzene rings is 3. The first kappa shape index (κ1) is 22.3. The molecule has 3 aromatic rings. The molecule has 0 saturated heterocycles. The van der Waals surface area contributed by atoms with Gasteiger partial charge in [-0.05, 0) is 48.4 Å². The number of fused-ring (bicyclic) bond motifs is 1. The lowest BCUT2D eigenvalue weighted by Crippen LogP contribution is -2.31. The minimum absolute atomic E-state index is 0.0900. The van der Waals surface area contributed by atoms with E-state index in [0.717, 1.165) is 21.9 Å². The number of amides is 2. The molecule has 160 valence electrons. The third-order valence-electron chi connectivity index (χ3n) is 5.09. The summed E-state index contributed by atoms with van der Waals surface area (Å²) in [5.41, 5.74) is 4.52. The summed E-state index contributed by atoms with van der Waals surface area (Å²) in [4.78, 5) is 26.6. The number of phenolic OH excluding ortho intramolecular Hbond substituents is 1. The average Bonchev–Trinajstić information content (AvgIpc) is 2.77. The van der Waals surface area contributed by atoms with Gasteiger partial charge in [-0.25, -0.2) is 5.43 Å². The van der Waals surface area contributed by atoms with Crippen molar-refractivity contribution < 1.29 is 14.7 Å².